The van der Waals surface area contributed by atoms with Gasteiger partial charge in [-0.3, -0.25) is 9.59 Å². The van der Waals surface area contributed by atoms with Gasteiger partial charge in [-0.05, 0) is 24.1 Å². The third-order valence-corrected chi connectivity index (χ3v) is 4.31. The van der Waals surface area contributed by atoms with E-state index in [4.69, 9.17) is 0 Å². The van der Waals surface area contributed by atoms with E-state index >= 15 is 0 Å². The summed E-state index contributed by atoms with van der Waals surface area (Å²) in [6.45, 7) is 2.84. The molecule has 1 heterocycles. The molecule has 118 valence electrons. The summed E-state index contributed by atoms with van der Waals surface area (Å²) in [6, 6.07) is 16.9. The molecular formula is C19H20N2O2. The zero-order chi connectivity index (χ0) is 16.4. The monoisotopic (exact) mass is 308 g/mol. The fourth-order valence-electron chi connectivity index (χ4n) is 2.98. The van der Waals surface area contributed by atoms with Crippen molar-refractivity contribution in [3.8, 4) is 0 Å². The van der Waals surface area contributed by atoms with Crippen LogP contribution >= 0.6 is 0 Å². The number of hydrogen-bond acceptors (Lipinski definition) is 2. The van der Waals surface area contributed by atoms with E-state index in [-0.39, 0.29) is 11.8 Å². The van der Waals surface area contributed by atoms with Crippen molar-refractivity contribution >= 4 is 11.8 Å². The van der Waals surface area contributed by atoms with Crippen molar-refractivity contribution in [2.45, 2.75) is 26.1 Å². The van der Waals surface area contributed by atoms with Crippen LogP contribution in [0.5, 0.6) is 0 Å². The lowest BCUT2D eigenvalue weighted by molar-refractivity contribution is -0.134. The smallest absolute Gasteiger partial charge is 0.255 e. The minimum atomic E-state index is -0.469. The van der Waals surface area contributed by atoms with E-state index in [0.29, 0.717) is 18.7 Å². The average molecular weight is 308 g/mol. The Labute approximate surface area is 136 Å². The van der Waals surface area contributed by atoms with Crippen LogP contribution in [-0.4, -0.2) is 34.7 Å². The van der Waals surface area contributed by atoms with Crippen molar-refractivity contribution in [2.24, 2.45) is 0 Å². The normalized spacial score (nSPS) is 14.5. The predicted octanol–water partition coefficient (Wildman–Crippen LogP) is 2.69. The van der Waals surface area contributed by atoms with Crippen LogP contribution in [-0.2, 0) is 17.9 Å². The standard InChI is InChI=1S/C19H20N2O2/c1-14(18(22)20(2)12-15-8-4-3-5-9-15)21-13-16-10-6-7-11-17(16)19(21)23/h3-11,14H,12-13H2,1-2H3. The van der Waals surface area contributed by atoms with Crippen molar-refractivity contribution in [1.82, 2.24) is 9.80 Å². The molecule has 1 atom stereocenters. The van der Waals surface area contributed by atoms with Crippen LogP contribution < -0.4 is 0 Å². The van der Waals surface area contributed by atoms with Gasteiger partial charge < -0.3 is 9.80 Å². The number of likely N-dealkylation sites (N-methyl/N-ethyl adjacent to an activating group) is 1. The maximum Gasteiger partial charge on any atom is 0.255 e. The molecule has 0 saturated heterocycles. The number of amides is 2. The Balaban J connectivity index is 1.70. The summed E-state index contributed by atoms with van der Waals surface area (Å²) >= 11 is 0. The lowest BCUT2D eigenvalue weighted by atomic mass is 10.1. The van der Waals surface area contributed by atoms with Gasteiger partial charge in [0.05, 0.1) is 0 Å². The lowest BCUT2D eigenvalue weighted by Crippen LogP contribution is -2.45. The molecule has 23 heavy (non-hydrogen) atoms. The van der Waals surface area contributed by atoms with Crippen molar-refractivity contribution in [3.63, 3.8) is 0 Å². The SMILES string of the molecule is CC(C(=O)N(C)Cc1ccccc1)N1Cc2ccccc2C1=O. The van der Waals surface area contributed by atoms with Crippen LogP contribution in [0.25, 0.3) is 0 Å². The van der Waals surface area contributed by atoms with E-state index < -0.39 is 6.04 Å². The van der Waals surface area contributed by atoms with Gasteiger partial charge in [0.2, 0.25) is 5.91 Å². The topological polar surface area (TPSA) is 40.6 Å². The number of carbonyl (C=O) groups is 2. The minimum Gasteiger partial charge on any atom is -0.340 e. The first kappa shape index (κ1) is 15.3. The lowest BCUT2D eigenvalue weighted by Gasteiger charge is -2.28. The Kier molecular flexibility index (Phi) is 4.15. The fourth-order valence-corrected chi connectivity index (χ4v) is 2.98. The second-order valence-corrected chi connectivity index (χ2v) is 5.95. The molecule has 4 heteroatoms. The van der Waals surface area contributed by atoms with Crippen LogP contribution in [0.15, 0.2) is 54.6 Å². The van der Waals surface area contributed by atoms with Gasteiger partial charge in [-0.1, -0.05) is 48.5 Å². The van der Waals surface area contributed by atoms with Gasteiger partial charge in [0, 0.05) is 25.7 Å². The Morgan fingerprint density at radius 1 is 1.13 bits per heavy atom. The zero-order valence-corrected chi connectivity index (χ0v) is 13.4. The van der Waals surface area contributed by atoms with Gasteiger partial charge in [-0.2, -0.15) is 0 Å². The van der Waals surface area contributed by atoms with E-state index in [1.165, 1.54) is 0 Å². The van der Waals surface area contributed by atoms with Gasteiger partial charge in [0.15, 0.2) is 0 Å². The molecule has 1 aliphatic heterocycles. The quantitative estimate of drug-likeness (QED) is 0.871. The molecule has 0 spiro atoms. The molecule has 0 fully saturated rings. The highest BCUT2D eigenvalue weighted by Gasteiger charge is 2.34. The molecular weight excluding hydrogens is 288 g/mol. The van der Waals surface area contributed by atoms with Crippen LogP contribution in [0.3, 0.4) is 0 Å². The molecule has 1 unspecified atom stereocenters. The van der Waals surface area contributed by atoms with E-state index in [9.17, 15) is 9.59 Å². The van der Waals surface area contributed by atoms with E-state index in [0.717, 1.165) is 11.1 Å². The van der Waals surface area contributed by atoms with Gasteiger partial charge in [-0.25, -0.2) is 0 Å². The summed E-state index contributed by atoms with van der Waals surface area (Å²) < 4.78 is 0. The van der Waals surface area contributed by atoms with Crippen molar-refractivity contribution in [3.05, 3.63) is 71.3 Å². The third-order valence-electron chi connectivity index (χ3n) is 4.31. The summed E-state index contributed by atoms with van der Waals surface area (Å²) in [7, 11) is 1.78. The summed E-state index contributed by atoms with van der Waals surface area (Å²) in [5.41, 5.74) is 2.77. The average Bonchev–Trinajstić information content (AvgIpc) is 2.91. The highest BCUT2D eigenvalue weighted by molar-refractivity contribution is 6.00. The van der Waals surface area contributed by atoms with Gasteiger partial charge in [0.1, 0.15) is 6.04 Å². The van der Waals surface area contributed by atoms with Crippen molar-refractivity contribution in [2.75, 3.05) is 7.05 Å². The molecule has 0 bridgehead atoms. The molecule has 4 nitrogen and oxygen atoms in total. The number of nitrogens with zero attached hydrogens (tertiary/aromatic N) is 2. The third kappa shape index (κ3) is 2.97. The second-order valence-electron chi connectivity index (χ2n) is 5.95. The number of rotatable bonds is 4. The largest absolute Gasteiger partial charge is 0.340 e. The summed E-state index contributed by atoms with van der Waals surface area (Å²) in [5.74, 6) is -0.107. The molecule has 1 aliphatic rings. The van der Waals surface area contributed by atoms with E-state index in [1.54, 1.807) is 23.8 Å². The van der Waals surface area contributed by atoms with Gasteiger partial charge >= 0.3 is 0 Å². The Hall–Kier alpha value is -2.62. The molecule has 2 aromatic carbocycles. The molecule has 0 N–H and O–H groups in total. The van der Waals surface area contributed by atoms with E-state index in [2.05, 4.69) is 0 Å². The predicted molar refractivity (Wildman–Crippen MR) is 88.7 cm³/mol. The fraction of sp³-hybridized carbons (Fsp3) is 0.263. The van der Waals surface area contributed by atoms with Crippen molar-refractivity contribution < 1.29 is 9.59 Å². The first-order chi connectivity index (χ1) is 11.1. The summed E-state index contributed by atoms with van der Waals surface area (Å²) in [5, 5.41) is 0. The minimum absolute atomic E-state index is 0.0463. The maximum atomic E-state index is 12.7. The molecule has 0 aliphatic carbocycles. The summed E-state index contributed by atoms with van der Waals surface area (Å²) in [6.07, 6.45) is 0. The highest BCUT2D eigenvalue weighted by Crippen LogP contribution is 2.24. The molecule has 2 amide bonds. The number of carbonyl (C=O) groups excluding carboxylic acids is 2. The molecule has 2 aromatic rings. The Morgan fingerprint density at radius 2 is 1.78 bits per heavy atom. The van der Waals surface area contributed by atoms with Gasteiger partial charge in [-0.15, -0.1) is 0 Å². The maximum absolute atomic E-state index is 12.7. The molecule has 3 rings (SSSR count). The first-order valence-electron chi connectivity index (χ1n) is 7.75. The zero-order valence-electron chi connectivity index (χ0n) is 13.4. The number of fused-ring (bicyclic) bond motifs is 1. The molecule has 0 radical (unpaired) electrons. The Morgan fingerprint density at radius 3 is 2.48 bits per heavy atom. The first-order valence-corrected chi connectivity index (χ1v) is 7.75. The van der Waals surface area contributed by atoms with Gasteiger partial charge in [0.25, 0.3) is 5.91 Å². The van der Waals surface area contributed by atoms with Crippen LogP contribution in [0.4, 0.5) is 0 Å². The Bertz CT molecular complexity index is 727. The van der Waals surface area contributed by atoms with Crippen molar-refractivity contribution in [1.29, 1.82) is 0 Å². The highest BCUT2D eigenvalue weighted by atomic mass is 16.2. The van der Waals surface area contributed by atoms with Crippen LogP contribution in [0, 0.1) is 0 Å². The number of benzene rings is 2. The number of hydrogen-bond donors (Lipinski definition) is 0. The summed E-state index contributed by atoms with van der Waals surface area (Å²) in [4.78, 5) is 28.5. The van der Waals surface area contributed by atoms with Crippen LogP contribution in [0.1, 0.15) is 28.4 Å². The second kappa shape index (κ2) is 6.24. The van der Waals surface area contributed by atoms with Crippen LogP contribution in [0.2, 0.25) is 0 Å². The van der Waals surface area contributed by atoms with E-state index in [1.807, 2.05) is 54.6 Å². The molecule has 0 aromatic heterocycles. The molecule has 0 saturated carbocycles.